The number of rotatable bonds is 3. The Kier molecular flexibility index (Phi) is 13.1. The number of alkyl halides is 6. The van der Waals surface area contributed by atoms with Gasteiger partial charge in [0.05, 0.1) is 0 Å². The van der Waals surface area contributed by atoms with E-state index in [0.717, 1.165) is 83.0 Å². The summed E-state index contributed by atoms with van der Waals surface area (Å²) in [6.45, 7) is 26.0. The fraction of sp³-hybridized carbons (Fsp3) is 0.388. The maximum atomic E-state index is 14.6. The van der Waals surface area contributed by atoms with Crippen molar-refractivity contribution in [2.45, 2.75) is 124 Å². The van der Waals surface area contributed by atoms with Crippen molar-refractivity contribution < 1.29 is 75.9 Å². The Morgan fingerprint density at radius 3 is 1.38 bits per heavy atom. The van der Waals surface area contributed by atoms with Gasteiger partial charge in [-0.25, -0.2) is 0 Å². The second-order valence-electron chi connectivity index (χ2n) is 19.4. The summed E-state index contributed by atoms with van der Waals surface area (Å²) in [4.78, 5) is 0. The third-order valence-electron chi connectivity index (χ3n) is 10.9. The molecule has 2 aliphatic carbocycles. The van der Waals surface area contributed by atoms with Gasteiger partial charge >= 0.3 is 344 Å². The zero-order chi connectivity index (χ0) is 41.7. The third kappa shape index (κ3) is 8.80. The van der Waals surface area contributed by atoms with Gasteiger partial charge in [0.1, 0.15) is 0 Å². The number of benzene rings is 4. The summed E-state index contributed by atoms with van der Waals surface area (Å²) in [6.07, 6.45) is -2.25. The molecule has 0 saturated heterocycles. The fourth-order valence-corrected chi connectivity index (χ4v) is 9.64. The van der Waals surface area contributed by atoms with Crippen LogP contribution in [0.1, 0.15) is 145 Å². The van der Waals surface area contributed by atoms with Gasteiger partial charge < -0.3 is 24.8 Å². The molecule has 0 heterocycles. The monoisotopic (exact) mass is 913 g/mol. The molecule has 0 radical (unpaired) electrons. The van der Waals surface area contributed by atoms with E-state index in [1.807, 2.05) is 0 Å². The average Bonchev–Trinajstić information content (AvgIpc) is 3.69. The normalized spacial score (nSPS) is 14.5. The predicted molar refractivity (Wildman–Crippen MR) is 213 cm³/mol. The second-order valence-corrected chi connectivity index (χ2v) is 20.7. The molecule has 307 valence electrons. The van der Waals surface area contributed by atoms with Gasteiger partial charge in [0, 0.05) is 0 Å². The minimum Gasteiger partial charge on any atom is -1.00 e. The first-order valence-electron chi connectivity index (χ1n) is 19.1. The Morgan fingerprint density at radius 1 is 0.552 bits per heavy atom. The molecule has 0 saturated carbocycles. The van der Waals surface area contributed by atoms with Crippen LogP contribution in [0.25, 0.3) is 14.4 Å². The molecule has 4 aromatic carbocycles. The van der Waals surface area contributed by atoms with Crippen molar-refractivity contribution in [2.75, 3.05) is 0 Å². The van der Waals surface area contributed by atoms with Gasteiger partial charge in [-0.1, -0.05) is 0 Å². The molecular weight excluding hydrogens is 865 g/mol. The maximum Gasteiger partial charge on any atom is -1.00 e. The number of halogens is 8. The van der Waals surface area contributed by atoms with E-state index >= 15 is 0 Å². The third-order valence-corrected chi connectivity index (χ3v) is 12.1. The van der Waals surface area contributed by atoms with E-state index in [9.17, 15) is 26.3 Å². The van der Waals surface area contributed by atoms with Crippen molar-refractivity contribution in [3.63, 3.8) is 0 Å². The van der Waals surface area contributed by atoms with E-state index in [-0.39, 0.29) is 46.8 Å². The first kappa shape index (κ1) is 47.8. The van der Waals surface area contributed by atoms with E-state index in [1.165, 1.54) is 42.4 Å². The molecule has 0 unspecified atom stereocenters. The van der Waals surface area contributed by atoms with Crippen molar-refractivity contribution in [3.05, 3.63) is 155 Å². The molecule has 0 spiro atoms. The first-order chi connectivity index (χ1) is 25.5. The van der Waals surface area contributed by atoms with Gasteiger partial charge in [-0.05, 0) is 0 Å². The molecule has 0 atom stereocenters. The van der Waals surface area contributed by atoms with Crippen LogP contribution < -0.4 is 35.3 Å². The minimum absolute atomic E-state index is 0. The molecule has 58 heavy (non-hydrogen) atoms. The van der Waals surface area contributed by atoms with Crippen LogP contribution in [0.4, 0.5) is 26.3 Å². The van der Waals surface area contributed by atoms with Crippen LogP contribution in [0.3, 0.4) is 0 Å². The van der Waals surface area contributed by atoms with Crippen molar-refractivity contribution in [2.24, 2.45) is 0 Å². The summed E-state index contributed by atoms with van der Waals surface area (Å²) in [6, 6.07) is 14.8. The summed E-state index contributed by atoms with van der Waals surface area (Å²) in [5, 5.41) is 3.61. The summed E-state index contributed by atoms with van der Waals surface area (Å²) in [5.74, 6) is 0. The zero-order valence-corrected chi connectivity index (χ0v) is 39.2. The number of hydrogen-bond acceptors (Lipinski definition) is 0. The predicted octanol–water partition coefficient (Wildman–Crippen LogP) is 6.82. The Morgan fingerprint density at radius 2 is 1.00 bits per heavy atom. The summed E-state index contributed by atoms with van der Waals surface area (Å²) in [7, 11) is 0. The average molecular weight is 916 g/mol. The SMILES string of the molecule is CC(C)(C)c1cc2c(cc1C(C)(C)C)=c1c(c(C3=CC=CC3)c(C(C)(C)C)c(C(C)(C)C)c1=C(c1cccc(C(F)(F)F)c1)c1cccc(C(F)(F)F)c1)[C]=2[Zr+2].[Cl-].[Cl-]. The Labute approximate surface area is 367 Å². The molecule has 2 aliphatic rings. The molecule has 0 aromatic heterocycles. The van der Waals surface area contributed by atoms with E-state index < -0.39 is 34.3 Å². The van der Waals surface area contributed by atoms with Gasteiger partial charge in [0.2, 0.25) is 0 Å². The standard InChI is InChI=1S/C49H51F6.2ClH.Zr/c1-44(2,3)36-26-31-25-35-39(28-17-13-14-18-28)42(46(7,8)9)43(47(10,11)12)41(40(35)34(31)27-37(36)45(4,5)6)38(29-19-15-21-32(23-29)48(50,51)52)30-20-16-22-33(24-30)49(53,54)55;;;/h13-17,19-24,26-27H,18H2,1-12H3;2*1H;/q;;;+2/p-2. The fourth-order valence-electron chi connectivity index (χ4n) is 8.52. The number of fused-ring (bicyclic) bond motifs is 2. The van der Waals surface area contributed by atoms with E-state index in [0.29, 0.717) is 10.8 Å². The summed E-state index contributed by atoms with van der Waals surface area (Å²) >= 11 is 1.17. The van der Waals surface area contributed by atoms with Gasteiger partial charge in [-0.3, -0.25) is 0 Å². The van der Waals surface area contributed by atoms with Gasteiger partial charge in [-0.15, -0.1) is 0 Å². The van der Waals surface area contributed by atoms with Crippen LogP contribution in [0.15, 0.2) is 78.9 Å². The van der Waals surface area contributed by atoms with Crippen molar-refractivity contribution >= 4 is 14.4 Å². The molecule has 0 fully saturated rings. The largest absolute Gasteiger partial charge is 1.00 e. The van der Waals surface area contributed by atoms with Crippen LogP contribution in [-0.2, 0) is 58.7 Å². The molecule has 0 aliphatic heterocycles. The topological polar surface area (TPSA) is 0 Å². The van der Waals surface area contributed by atoms with Crippen LogP contribution in [-0.4, -0.2) is 0 Å². The summed E-state index contributed by atoms with van der Waals surface area (Å²) in [5.41, 5.74) is 5.17. The number of allylic oxidation sites excluding steroid dienone is 4. The van der Waals surface area contributed by atoms with E-state index in [4.69, 9.17) is 0 Å². The Hall–Kier alpha value is -2.86. The molecule has 4 aromatic rings. The smallest absolute Gasteiger partial charge is 1.00 e. The zero-order valence-electron chi connectivity index (χ0n) is 35.2. The van der Waals surface area contributed by atoms with Crippen LogP contribution in [0.2, 0.25) is 0 Å². The van der Waals surface area contributed by atoms with Gasteiger partial charge in [-0.2, -0.15) is 0 Å². The minimum atomic E-state index is -4.67. The second kappa shape index (κ2) is 15.9. The van der Waals surface area contributed by atoms with Gasteiger partial charge in [0.25, 0.3) is 0 Å². The molecule has 0 N–H and O–H groups in total. The van der Waals surface area contributed by atoms with Crippen molar-refractivity contribution in [3.8, 4) is 0 Å². The van der Waals surface area contributed by atoms with Crippen molar-refractivity contribution in [1.82, 2.24) is 0 Å². The number of hydrogen-bond donors (Lipinski definition) is 0. The van der Waals surface area contributed by atoms with Gasteiger partial charge in [0.15, 0.2) is 0 Å². The quantitative estimate of drug-likeness (QED) is 0.198. The maximum absolute atomic E-state index is 14.6. The van der Waals surface area contributed by atoms with Crippen LogP contribution >= 0.6 is 0 Å². The molecular formula is C49H51Cl2F6Zr. The molecule has 0 nitrogen and oxygen atoms in total. The molecule has 0 amide bonds. The Bertz CT molecular complexity index is 2500. The van der Waals surface area contributed by atoms with Crippen LogP contribution in [0.5, 0.6) is 0 Å². The molecule has 0 bridgehead atoms. The van der Waals surface area contributed by atoms with Crippen LogP contribution in [0, 0.1) is 10.4 Å². The molecule has 6 rings (SSSR count). The first-order valence-corrected chi connectivity index (χ1v) is 20.4. The summed E-state index contributed by atoms with van der Waals surface area (Å²) < 4.78 is 88.5. The van der Waals surface area contributed by atoms with Crippen molar-refractivity contribution in [1.29, 1.82) is 0 Å². The Balaban J connectivity index is 0.00000372. The van der Waals surface area contributed by atoms with E-state index in [2.05, 4.69) is 113 Å². The van der Waals surface area contributed by atoms with E-state index in [1.54, 1.807) is 12.1 Å². The molecule has 9 heteroatoms.